The van der Waals surface area contributed by atoms with Crippen LogP contribution in [0, 0.1) is 0 Å². The molecule has 1 aliphatic heterocycles. The SMILES string of the molecule is CN=C(NCCOc1ccccc1C(F)(F)F)NC1CCN(CC(=O)NC)CC1.I. The van der Waals surface area contributed by atoms with Crippen molar-refractivity contribution in [2.45, 2.75) is 25.1 Å². The van der Waals surface area contributed by atoms with Crippen molar-refractivity contribution in [1.29, 1.82) is 0 Å². The summed E-state index contributed by atoms with van der Waals surface area (Å²) in [4.78, 5) is 17.7. The van der Waals surface area contributed by atoms with Crippen LogP contribution in [-0.2, 0) is 11.0 Å². The van der Waals surface area contributed by atoms with Crippen molar-refractivity contribution < 1.29 is 22.7 Å². The van der Waals surface area contributed by atoms with Crippen molar-refractivity contribution in [2.24, 2.45) is 4.99 Å². The molecule has 0 radical (unpaired) electrons. The van der Waals surface area contributed by atoms with Crippen molar-refractivity contribution in [3.8, 4) is 5.75 Å². The first-order valence-corrected chi connectivity index (χ1v) is 9.52. The van der Waals surface area contributed by atoms with E-state index in [9.17, 15) is 18.0 Å². The van der Waals surface area contributed by atoms with Gasteiger partial charge in [0.25, 0.3) is 0 Å². The van der Waals surface area contributed by atoms with Gasteiger partial charge in [0.05, 0.1) is 18.7 Å². The molecule has 1 aromatic carbocycles. The van der Waals surface area contributed by atoms with Gasteiger partial charge in [-0.3, -0.25) is 14.7 Å². The van der Waals surface area contributed by atoms with Gasteiger partial charge < -0.3 is 20.7 Å². The molecule has 1 heterocycles. The van der Waals surface area contributed by atoms with Crippen LogP contribution in [0.4, 0.5) is 13.2 Å². The van der Waals surface area contributed by atoms with Gasteiger partial charge in [-0.15, -0.1) is 24.0 Å². The minimum atomic E-state index is -4.45. The predicted octanol–water partition coefficient (Wildman–Crippen LogP) is 2.08. The second-order valence-corrected chi connectivity index (χ2v) is 6.71. The quantitative estimate of drug-likeness (QED) is 0.213. The molecule has 11 heteroatoms. The number of benzene rings is 1. The van der Waals surface area contributed by atoms with E-state index in [-0.39, 0.29) is 48.3 Å². The van der Waals surface area contributed by atoms with Crippen LogP contribution in [0.2, 0.25) is 0 Å². The minimum absolute atomic E-state index is 0. The molecule has 0 aliphatic carbocycles. The Morgan fingerprint density at radius 1 is 1.27 bits per heavy atom. The lowest BCUT2D eigenvalue weighted by Crippen LogP contribution is -2.50. The Hall–Kier alpha value is -1.76. The van der Waals surface area contributed by atoms with E-state index in [4.69, 9.17) is 4.74 Å². The number of rotatable bonds is 7. The van der Waals surface area contributed by atoms with Crippen LogP contribution in [0.5, 0.6) is 5.75 Å². The number of carbonyl (C=O) groups excluding carboxylic acids is 1. The summed E-state index contributed by atoms with van der Waals surface area (Å²) in [6, 6.07) is 5.37. The lowest BCUT2D eigenvalue weighted by Gasteiger charge is -2.32. The van der Waals surface area contributed by atoms with Gasteiger partial charge in [-0.1, -0.05) is 12.1 Å². The molecular formula is C19H29F3IN5O2. The highest BCUT2D eigenvalue weighted by Crippen LogP contribution is 2.35. The highest BCUT2D eigenvalue weighted by atomic mass is 127. The Morgan fingerprint density at radius 3 is 2.53 bits per heavy atom. The van der Waals surface area contributed by atoms with Crippen molar-refractivity contribution in [1.82, 2.24) is 20.9 Å². The number of likely N-dealkylation sites (tertiary alicyclic amines) is 1. The summed E-state index contributed by atoms with van der Waals surface area (Å²) in [7, 11) is 3.26. The van der Waals surface area contributed by atoms with E-state index in [2.05, 4.69) is 25.8 Å². The van der Waals surface area contributed by atoms with Gasteiger partial charge in [-0.2, -0.15) is 13.2 Å². The van der Waals surface area contributed by atoms with E-state index < -0.39 is 11.7 Å². The van der Waals surface area contributed by atoms with E-state index >= 15 is 0 Å². The number of amides is 1. The summed E-state index contributed by atoms with van der Waals surface area (Å²) in [5, 5.41) is 8.97. The molecule has 2 rings (SSSR count). The van der Waals surface area contributed by atoms with Crippen LogP contribution in [0.15, 0.2) is 29.3 Å². The molecule has 1 amide bonds. The van der Waals surface area contributed by atoms with Crippen molar-refractivity contribution in [2.75, 3.05) is 46.9 Å². The molecule has 1 aliphatic rings. The molecule has 0 saturated carbocycles. The van der Waals surface area contributed by atoms with Crippen molar-refractivity contribution in [3.63, 3.8) is 0 Å². The number of hydrogen-bond donors (Lipinski definition) is 3. The van der Waals surface area contributed by atoms with E-state index in [0.29, 0.717) is 19.0 Å². The maximum Gasteiger partial charge on any atom is 0.419 e. The molecular weight excluding hydrogens is 514 g/mol. The fourth-order valence-electron chi connectivity index (χ4n) is 3.06. The zero-order chi connectivity index (χ0) is 21.3. The lowest BCUT2D eigenvalue weighted by molar-refractivity contribution is -0.139. The number of halogens is 4. The molecule has 0 bridgehead atoms. The average molecular weight is 543 g/mol. The molecule has 170 valence electrons. The smallest absolute Gasteiger partial charge is 0.419 e. The zero-order valence-corrected chi connectivity index (χ0v) is 19.4. The highest BCUT2D eigenvalue weighted by Gasteiger charge is 2.33. The monoisotopic (exact) mass is 543 g/mol. The molecule has 0 atom stereocenters. The molecule has 30 heavy (non-hydrogen) atoms. The van der Waals surface area contributed by atoms with Crippen molar-refractivity contribution >= 4 is 35.8 Å². The van der Waals surface area contributed by atoms with Crippen LogP contribution < -0.4 is 20.7 Å². The normalized spacial score (nSPS) is 15.8. The fourth-order valence-corrected chi connectivity index (χ4v) is 3.06. The minimum Gasteiger partial charge on any atom is -0.491 e. The molecule has 1 fully saturated rings. The first-order chi connectivity index (χ1) is 13.8. The Morgan fingerprint density at radius 2 is 1.93 bits per heavy atom. The molecule has 3 N–H and O–H groups in total. The predicted molar refractivity (Wildman–Crippen MR) is 120 cm³/mol. The summed E-state index contributed by atoms with van der Waals surface area (Å²) in [5.41, 5.74) is -0.786. The summed E-state index contributed by atoms with van der Waals surface area (Å²) < 4.78 is 44.2. The van der Waals surface area contributed by atoms with Crippen LogP contribution in [0.3, 0.4) is 0 Å². The molecule has 1 aromatic rings. The topological polar surface area (TPSA) is 78.0 Å². The number of piperidine rings is 1. The maximum absolute atomic E-state index is 13.0. The van der Waals surface area contributed by atoms with Crippen LogP contribution >= 0.6 is 24.0 Å². The number of nitrogens with one attached hydrogen (secondary N) is 3. The van der Waals surface area contributed by atoms with E-state index in [1.807, 2.05) is 0 Å². The summed E-state index contributed by atoms with van der Waals surface area (Å²) in [6.07, 6.45) is -2.71. The number of ether oxygens (including phenoxy) is 1. The van der Waals surface area contributed by atoms with Crippen LogP contribution in [-0.4, -0.2) is 69.7 Å². The van der Waals surface area contributed by atoms with Crippen LogP contribution in [0.1, 0.15) is 18.4 Å². The Labute approximate surface area is 191 Å². The third-order valence-corrected chi connectivity index (χ3v) is 4.64. The Balaban J connectivity index is 0.00000450. The second kappa shape index (κ2) is 12.8. The van der Waals surface area contributed by atoms with Gasteiger partial charge in [-0.05, 0) is 25.0 Å². The van der Waals surface area contributed by atoms with Gasteiger partial charge in [0.1, 0.15) is 12.4 Å². The van der Waals surface area contributed by atoms with Gasteiger partial charge in [-0.25, -0.2) is 0 Å². The Kier molecular flexibility index (Phi) is 11.2. The fraction of sp³-hybridized carbons (Fsp3) is 0.579. The van der Waals surface area contributed by atoms with Gasteiger partial charge in [0, 0.05) is 33.2 Å². The van der Waals surface area contributed by atoms with E-state index in [1.165, 1.54) is 18.2 Å². The standard InChI is InChI=1S/C19H28F3N5O2.HI/c1-23-17(28)13-27-10-7-14(8-11-27)26-18(24-2)25-9-12-29-16-6-4-3-5-15(16)19(20,21)22;/h3-6,14H,7-13H2,1-2H3,(H,23,28)(H2,24,25,26);1H. The first-order valence-electron chi connectivity index (χ1n) is 9.52. The van der Waals surface area contributed by atoms with Crippen LogP contribution in [0.25, 0.3) is 0 Å². The van der Waals surface area contributed by atoms with Gasteiger partial charge >= 0.3 is 6.18 Å². The largest absolute Gasteiger partial charge is 0.491 e. The number of likely N-dealkylation sites (N-methyl/N-ethyl adjacent to an activating group) is 1. The van der Waals surface area contributed by atoms with Crippen molar-refractivity contribution in [3.05, 3.63) is 29.8 Å². The molecule has 1 saturated heterocycles. The number of alkyl halides is 3. The second-order valence-electron chi connectivity index (χ2n) is 6.71. The summed E-state index contributed by atoms with van der Waals surface area (Å²) >= 11 is 0. The highest BCUT2D eigenvalue weighted by molar-refractivity contribution is 14.0. The molecule has 7 nitrogen and oxygen atoms in total. The summed E-state index contributed by atoms with van der Waals surface area (Å²) in [5.74, 6) is 0.386. The third kappa shape index (κ3) is 8.54. The number of nitrogens with zero attached hydrogens (tertiary/aromatic N) is 2. The number of carbonyl (C=O) groups is 1. The van der Waals surface area contributed by atoms with Gasteiger partial charge in [0.2, 0.25) is 5.91 Å². The van der Waals surface area contributed by atoms with E-state index in [1.54, 1.807) is 14.1 Å². The van der Waals surface area contributed by atoms with E-state index in [0.717, 1.165) is 32.0 Å². The zero-order valence-electron chi connectivity index (χ0n) is 17.1. The number of aliphatic imine (C=N–C) groups is 1. The Bertz CT molecular complexity index is 695. The molecule has 0 aromatic heterocycles. The third-order valence-electron chi connectivity index (χ3n) is 4.64. The maximum atomic E-state index is 13.0. The number of guanidine groups is 1. The molecule has 0 unspecified atom stereocenters. The first kappa shape index (κ1) is 26.3. The van der Waals surface area contributed by atoms with Gasteiger partial charge in [0.15, 0.2) is 5.96 Å². The number of para-hydroxylation sites is 1. The summed E-state index contributed by atoms with van der Waals surface area (Å²) in [6.45, 7) is 2.38. The average Bonchev–Trinajstić information content (AvgIpc) is 2.71. The molecule has 0 spiro atoms. The number of hydrogen-bond acceptors (Lipinski definition) is 4. The lowest BCUT2D eigenvalue weighted by atomic mass is 10.1.